The average molecular weight is 369 g/mol. The summed E-state index contributed by atoms with van der Waals surface area (Å²) in [6.45, 7) is 4.38. The van der Waals surface area contributed by atoms with E-state index in [1.165, 1.54) is 24.3 Å². The first-order valence-electron chi connectivity index (χ1n) is 8.68. The Labute approximate surface area is 155 Å². The minimum absolute atomic E-state index is 0.385. The minimum atomic E-state index is -0.769. The zero-order valence-corrected chi connectivity index (χ0v) is 15.1. The molecule has 0 aliphatic carbocycles. The van der Waals surface area contributed by atoms with Crippen molar-refractivity contribution in [3.8, 4) is 0 Å². The highest BCUT2D eigenvalue weighted by atomic mass is 19.1. The van der Waals surface area contributed by atoms with Crippen molar-refractivity contribution in [1.82, 2.24) is 20.3 Å². The summed E-state index contributed by atoms with van der Waals surface area (Å²) in [6.07, 6.45) is 0.932. The summed E-state index contributed by atoms with van der Waals surface area (Å²) in [6, 6.07) is 9.76. The third-order valence-electron chi connectivity index (χ3n) is 4.06. The lowest BCUT2D eigenvalue weighted by Crippen LogP contribution is -2.41. The van der Waals surface area contributed by atoms with Gasteiger partial charge in [0, 0.05) is 17.8 Å². The molecule has 0 saturated carbocycles. The fraction of sp³-hybridized carbons (Fsp3) is 0.263. The zero-order chi connectivity index (χ0) is 19.4. The predicted molar refractivity (Wildman–Crippen MR) is 99.8 cm³/mol. The number of rotatable bonds is 6. The monoisotopic (exact) mass is 369 g/mol. The molecule has 8 heteroatoms. The second-order valence-electron chi connectivity index (χ2n) is 6.21. The molecule has 2 amide bonds. The van der Waals surface area contributed by atoms with Gasteiger partial charge in [0.25, 0.3) is 5.91 Å². The van der Waals surface area contributed by atoms with Gasteiger partial charge in [0.15, 0.2) is 0 Å². The van der Waals surface area contributed by atoms with Gasteiger partial charge in [0.1, 0.15) is 17.4 Å². The lowest BCUT2D eigenvalue weighted by molar-refractivity contribution is -0.117. The first-order valence-corrected chi connectivity index (χ1v) is 8.68. The van der Waals surface area contributed by atoms with Crippen molar-refractivity contribution in [2.45, 2.75) is 32.9 Å². The average Bonchev–Trinajstić information content (AvgIpc) is 3.06. The van der Waals surface area contributed by atoms with Crippen LogP contribution in [0.3, 0.4) is 0 Å². The molecule has 0 radical (unpaired) electrons. The van der Waals surface area contributed by atoms with Crippen LogP contribution in [-0.2, 0) is 11.3 Å². The van der Waals surface area contributed by atoms with E-state index in [1.54, 1.807) is 29.8 Å². The lowest BCUT2D eigenvalue weighted by atomic mass is 10.1. The van der Waals surface area contributed by atoms with E-state index in [-0.39, 0.29) is 11.7 Å². The van der Waals surface area contributed by atoms with Crippen molar-refractivity contribution < 1.29 is 14.0 Å². The molecule has 0 aliphatic rings. The number of hydrogen-bond acceptors (Lipinski definition) is 4. The number of carbonyl (C=O) groups is 2. The molecule has 7 nitrogen and oxygen atoms in total. The molecule has 1 atom stereocenters. The lowest BCUT2D eigenvalue weighted by Gasteiger charge is -2.14. The van der Waals surface area contributed by atoms with Crippen LogP contribution >= 0.6 is 0 Å². The molecular weight excluding hydrogens is 349 g/mol. The van der Waals surface area contributed by atoms with E-state index < -0.39 is 11.9 Å². The number of benzene rings is 2. The molecule has 2 N–H and O–H groups in total. The van der Waals surface area contributed by atoms with Crippen LogP contribution in [0.5, 0.6) is 0 Å². The minimum Gasteiger partial charge on any atom is -0.341 e. The molecule has 0 saturated heterocycles. The number of anilines is 1. The molecule has 3 aromatic rings. The maximum Gasteiger partial charge on any atom is 0.251 e. The van der Waals surface area contributed by atoms with E-state index in [1.807, 2.05) is 6.92 Å². The van der Waals surface area contributed by atoms with Crippen LogP contribution in [-0.4, -0.2) is 32.9 Å². The van der Waals surface area contributed by atoms with Crippen LogP contribution in [0.1, 0.15) is 30.6 Å². The second kappa shape index (κ2) is 7.94. The Balaban J connectivity index is 1.66. The van der Waals surface area contributed by atoms with Gasteiger partial charge in [0.2, 0.25) is 5.91 Å². The highest BCUT2D eigenvalue weighted by Crippen LogP contribution is 2.14. The van der Waals surface area contributed by atoms with Crippen molar-refractivity contribution in [2.75, 3.05) is 5.32 Å². The highest BCUT2D eigenvalue weighted by Gasteiger charge is 2.18. The van der Waals surface area contributed by atoms with Crippen LogP contribution in [0.2, 0.25) is 0 Å². The predicted octanol–water partition coefficient (Wildman–Crippen LogP) is 2.74. The summed E-state index contributed by atoms with van der Waals surface area (Å²) >= 11 is 0. The molecular formula is C19H20FN5O2. The van der Waals surface area contributed by atoms with Crippen molar-refractivity contribution >= 4 is 28.5 Å². The zero-order valence-electron chi connectivity index (χ0n) is 15.1. The fourth-order valence-electron chi connectivity index (χ4n) is 2.62. The largest absolute Gasteiger partial charge is 0.341 e. The summed E-state index contributed by atoms with van der Waals surface area (Å²) in [5.41, 5.74) is 2.33. The number of aromatic nitrogens is 3. The van der Waals surface area contributed by atoms with Crippen molar-refractivity contribution in [1.29, 1.82) is 0 Å². The second-order valence-corrected chi connectivity index (χ2v) is 6.21. The molecule has 3 rings (SSSR count). The summed E-state index contributed by atoms with van der Waals surface area (Å²) in [7, 11) is 0. The third kappa shape index (κ3) is 4.28. The molecule has 0 bridgehead atoms. The summed E-state index contributed by atoms with van der Waals surface area (Å²) in [4.78, 5) is 24.6. The third-order valence-corrected chi connectivity index (χ3v) is 4.06. The van der Waals surface area contributed by atoms with Gasteiger partial charge in [-0.2, -0.15) is 0 Å². The Hall–Kier alpha value is -3.29. The summed E-state index contributed by atoms with van der Waals surface area (Å²) in [5, 5.41) is 13.4. The van der Waals surface area contributed by atoms with E-state index in [0.717, 1.165) is 18.5 Å². The van der Waals surface area contributed by atoms with Crippen LogP contribution < -0.4 is 10.6 Å². The molecule has 1 heterocycles. The number of amides is 2. The Morgan fingerprint density at radius 1 is 1.19 bits per heavy atom. The van der Waals surface area contributed by atoms with Gasteiger partial charge in [0.05, 0.1) is 5.52 Å². The van der Waals surface area contributed by atoms with E-state index in [9.17, 15) is 14.0 Å². The fourth-order valence-corrected chi connectivity index (χ4v) is 2.62. The molecule has 1 aromatic heterocycles. The van der Waals surface area contributed by atoms with Gasteiger partial charge < -0.3 is 10.6 Å². The topological polar surface area (TPSA) is 88.9 Å². The van der Waals surface area contributed by atoms with E-state index in [2.05, 4.69) is 20.9 Å². The van der Waals surface area contributed by atoms with E-state index in [0.29, 0.717) is 16.8 Å². The number of aryl methyl sites for hydroxylation is 1. The molecule has 0 aliphatic heterocycles. The Morgan fingerprint density at radius 3 is 2.63 bits per heavy atom. The Morgan fingerprint density at radius 2 is 1.93 bits per heavy atom. The van der Waals surface area contributed by atoms with Crippen molar-refractivity contribution in [2.24, 2.45) is 0 Å². The summed E-state index contributed by atoms with van der Waals surface area (Å²) < 4.78 is 14.7. The molecule has 2 aromatic carbocycles. The normalized spacial score (nSPS) is 12.0. The van der Waals surface area contributed by atoms with Gasteiger partial charge in [-0.15, -0.1) is 5.10 Å². The van der Waals surface area contributed by atoms with Gasteiger partial charge in [-0.25, -0.2) is 9.07 Å². The number of nitrogens with zero attached hydrogens (tertiary/aromatic N) is 3. The van der Waals surface area contributed by atoms with Crippen LogP contribution in [0.4, 0.5) is 10.1 Å². The number of fused-ring (bicyclic) bond motifs is 1. The summed E-state index contributed by atoms with van der Waals surface area (Å²) in [5.74, 6) is -1.17. The van der Waals surface area contributed by atoms with Crippen molar-refractivity contribution in [3.63, 3.8) is 0 Å². The number of carbonyl (C=O) groups excluding carboxylic acids is 2. The van der Waals surface area contributed by atoms with Crippen LogP contribution in [0, 0.1) is 5.82 Å². The molecule has 0 fully saturated rings. The molecule has 27 heavy (non-hydrogen) atoms. The van der Waals surface area contributed by atoms with Gasteiger partial charge in [-0.05, 0) is 55.8 Å². The highest BCUT2D eigenvalue weighted by molar-refractivity contribution is 6.02. The van der Waals surface area contributed by atoms with Crippen LogP contribution in [0.25, 0.3) is 11.0 Å². The van der Waals surface area contributed by atoms with E-state index >= 15 is 0 Å². The van der Waals surface area contributed by atoms with Crippen molar-refractivity contribution in [3.05, 3.63) is 53.8 Å². The maximum absolute atomic E-state index is 12.9. The first kappa shape index (κ1) is 18.5. The Kier molecular flexibility index (Phi) is 5.44. The van der Waals surface area contributed by atoms with Crippen LogP contribution in [0.15, 0.2) is 42.5 Å². The Bertz CT molecular complexity index is 968. The SMILES string of the molecule is CCCn1nnc2cc(C(=O)N[C@H](C)C(=O)Nc3ccc(F)cc3)ccc21. The first-order chi connectivity index (χ1) is 13.0. The van der Waals surface area contributed by atoms with E-state index in [4.69, 9.17) is 0 Å². The van der Waals surface area contributed by atoms with Gasteiger partial charge in [-0.1, -0.05) is 12.1 Å². The molecule has 140 valence electrons. The standard InChI is InChI=1S/C19H20FN5O2/c1-3-10-25-17-9-4-13(11-16(17)23-24-25)19(27)21-12(2)18(26)22-15-7-5-14(20)6-8-15/h4-9,11-12H,3,10H2,1-2H3,(H,21,27)(H,22,26)/t12-/m1/s1. The quantitative estimate of drug-likeness (QED) is 0.699. The van der Waals surface area contributed by atoms with Gasteiger partial charge >= 0.3 is 0 Å². The smallest absolute Gasteiger partial charge is 0.251 e. The number of hydrogen-bond donors (Lipinski definition) is 2. The molecule has 0 spiro atoms. The number of nitrogens with one attached hydrogen (secondary N) is 2. The van der Waals surface area contributed by atoms with Gasteiger partial charge in [-0.3, -0.25) is 9.59 Å². The molecule has 0 unspecified atom stereocenters. The maximum atomic E-state index is 12.9. The number of halogens is 1.